The molecule has 4 N–H and O–H groups in total. The van der Waals surface area contributed by atoms with Crippen LogP contribution in [0, 0.1) is 18.3 Å². The van der Waals surface area contributed by atoms with Gasteiger partial charge in [-0.1, -0.05) is 27.7 Å². The van der Waals surface area contributed by atoms with Crippen molar-refractivity contribution in [2.75, 3.05) is 0 Å². The highest BCUT2D eigenvalue weighted by Crippen LogP contribution is 2.30. The summed E-state index contributed by atoms with van der Waals surface area (Å²) in [6.07, 6.45) is -0.0806. The SMILES string of the molecule is Cc1[nH]c(C(C)(C)O)nc1S(N)(=O)=NC(=O)Cc1c(C(C)C)cc(C#N)cc1C(C)C. The third-order valence-electron chi connectivity index (χ3n) is 4.95. The molecule has 0 spiro atoms. The van der Waals surface area contributed by atoms with E-state index >= 15 is 0 Å². The molecule has 1 heterocycles. The van der Waals surface area contributed by atoms with E-state index in [0.29, 0.717) is 11.3 Å². The summed E-state index contributed by atoms with van der Waals surface area (Å²) >= 11 is 0. The van der Waals surface area contributed by atoms with Gasteiger partial charge in [0.1, 0.15) is 11.4 Å². The number of nitriles is 1. The lowest BCUT2D eigenvalue weighted by molar-refractivity contribution is -0.117. The monoisotopic (exact) mass is 445 g/mol. The average molecular weight is 446 g/mol. The van der Waals surface area contributed by atoms with Crippen LogP contribution < -0.4 is 5.14 Å². The summed E-state index contributed by atoms with van der Waals surface area (Å²) in [6, 6.07) is 5.74. The predicted molar refractivity (Wildman–Crippen MR) is 120 cm³/mol. The molecule has 1 atom stereocenters. The van der Waals surface area contributed by atoms with E-state index in [1.807, 2.05) is 27.7 Å². The lowest BCUT2D eigenvalue weighted by atomic mass is 9.85. The summed E-state index contributed by atoms with van der Waals surface area (Å²) in [4.78, 5) is 19.8. The number of rotatable bonds is 6. The first-order valence-electron chi connectivity index (χ1n) is 10.1. The number of aromatic amines is 1. The molecule has 1 unspecified atom stereocenters. The topological polar surface area (TPSA) is 145 Å². The van der Waals surface area contributed by atoms with Crippen LogP contribution in [0.15, 0.2) is 21.5 Å². The lowest BCUT2D eigenvalue weighted by Gasteiger charge is -2.19. The molecule has 0 saturated heterocycles. The molecule has 1 aromatic heterocycles. The number of benzene rings is 1. The average Bonchev–Trinajstić information content (AvgIpc) is 3.04. The minimum Gasteiger partial charge on any atom is -0.383 e. The number of nitrogens with one attached hydrogen (secondary N) is 1. The quantitative estimate of drug-likeness (QED) is 0.622. The number of nitrogens with two attached hydrogens (primary N) is 1. The van der Waals surface area contributed by atoms with Gasteiger partial charge in [-0.25, -0.2) is 14.3 Å². The highest BCUT2D eigenvalue weighted by atomic mass is 32.2. The molecule has 0 aliphatic carbocycles. The second-order valence-corrected chi connectivity index (χ2v) is 10.6. The molecule has 1 aromatic carbocycles. The van der Waals surface area contributed by atoms with E-state index in [1.54, 1.807) is 19.1 Å². The molecule has 2 aromatic rings. The molecular formula is C22H31N5O3S. The van der Waals surface area contributed by atoms with Crippen molar-refractivity contribution in [2.45, 2.75) is 77.3 Å². The molecule has 168 valence electrons. The van der Waals surface area contributed by atoms with Gasteiger partial charge in [0, 0.05) is 0 Å². The number of amides is 1. The number of imidazole rings is 1. The lowest BCUT2D eigenvalue weighted by Crippen LogP contribution is -2.20. The zero-order valence-corrected chi connectivity index (χ0v) is 19.9. The molecule has 0 saturated carbocycles. The number of aromatic nitrogens is 2. The summed E-state index contributed by atoms with van der Waals surface area (Å²) < 4.78 is 16.9. The number of aliphatic hydroxyl groups is 1. The van der Waals surface area contributed by atoms with Gasteiger partial charge in [-0.15, -0.1) is 4.36 Å². The highest BCUT2D eigenvalue weighted by molar-refractivity contribution is 7.91. The molecule has 8 nitrogen and oxygen atoms in total. The Morgan fingerprint density at radius 2 is 1.81 bits per heavy atom. The summed E-state index contributed by atoms with van der Waals surface area (Å²) in [5, 5.41) is 25.4. The minimum atomic E-state index is -3.61. The first-order chi connectivity index (χ1) is 14.2. The molecule has 2 rings (SSSR count). The van der Waals surface area contributed by atoms with Crippen LogP contribution in [-0.4, -0.2) is 25.2 Å². The van der Waals surface area contributed by atoms with Crippen molar-refractivity contribution >= 4 is 15.8 Å². The van der Waals surface area contributed by atoms with Crippen LogP contribution in [0.1, 0.15) is 87.2 Å². The molecule has 0 aliphatic rings. The van der Waals surface area contributed by atoms with Crippen LogP contribution in [0.25, 0.3) is 0 Å². The second-order valence-electron chi connectivity index (χ2n) is 8.86. The van der Waals surface area contributed by atoms with Crippen molar-refractivity contribution < 1.29 is 14.1 Å². The largest absolute Gasteiger partial charge is 0.383 e. The Morgan fingerprint density at radius 1 is 1.29 bits per heavy atom. The summed E-state index contributed by atoms with van der Waals surface area (Å²) in [6.45, 7) is 12.6. The molecule has 9 heteroatoms. The molecule has 1 amide bonds. The van der Waals surface area contributed by atoms with Crippen molar-refractivity contribution in [3.8, 4) is 6.07 Å². The van der Waals surface area contributed by atoms with Gasteiger partial charge >= 0.3 is 0 Å². The third kappa shape index (κ3) is 5.58. The van der Waals surface area contributed by atoms with E-state index in [0.717, 1.165) is 16.7 Å². The number of carbonyl (C=O) groups excluding carboxylic acids is 1. The van der Waals surface area contributed by atoms with Gasteiger partial charge in [-0.3, -0.25) is 4.79 Å². The maximum absolute atomic E-state index is 13.1. The Hall–Kier alpha value is -2.54. The van der Waals surface area contributed by atoms with Gasteiger partial charge in [-0.2, -0.15) is 5.26 Å². The van der Waals surface area contributed by atoms with E-state index in [9.17, 15) is 19.4 Å². The number of carbonyl (C=O) groups is 1. The van der Waals surface area contributed by atoms with Crippen LogP contribution in [0.2, 0.25) is 0 Å². The summed E-state index contributed by atoms with van der Waals surface area (Å²) in [5.41, 5.74) is 2.18. The standard InChI is InChI=1S/C22H31N5O3S/c1-12(2)16-8-15(11-23)9-17(13(3)4)18(16)10-19(28)27-31(24,30)20-14(5)25-21(26-20)22(6,7)29/h8-9,12-13,29H,10H2,1-7H3,(H,25,26)(H2,24,27,28,30). The fourth-order valence-corrected chi connectivity index (χ4v) is 4.58. The zero-order chi connectivity index (χ0) is 23.7. The Labute approximate surface area is 184 Å². The number of hydrogen-bond acceptors (Lipinski definition) is 5. The normalized spacial score (nSPS) is 13.9. The van der Waals surface area contributed by atoms with Crippen molar-refractivity contribution in [1.29, 1.82) is 5.26 Å². The maximum atomic E-state index is 13.1. The van der Waals surface area contributed by atoms with Crippen LogP contribution in [-0.2, 0) is 26.7 Å². The fraction of sp³-hybridized carbons (Fsp3) is 0.500. The number of aryl methyl sites for hydroxylation is 1. The van der Waals surface area contributed by atoms with Gasteiger partial charge < -0.3 is 10.1 Å². The minimum absolute atomic E-state index is 0.0500. The second kappa shape index (κ2) is 8.91. The number of H-pyrrole nitrogens is 1. The summed E-state index contributed by atoms with van der Waals surface area (Å²) in [7, 11) is -3.61. The van der Waals surface area contributed by atoms with Crippen molar-refractivity contribution in [1.82, 2.24) is 9.97 Å². The number of nitrogens with zero attached hydrogens (tertiary/aromatic N) is 3. The molecular weight excluding hydrogens is 414 g/mol. The van der Waals surface area contributed by atoms with Gasteiger partial charge in [0.25, 0.3) is 5.91 Å². The Balaban J connectivity index is 2.53. The van der Waals surface area contributed by atoms with Gasteiger partial charge in [-0.05, 0) is 61.4 Å². The van der Waals surface area contributed by atoms with Crippen molar-refractivity contribution in [3.05, 3.63) is 45.9 Å². The Bertz CT molecular complexity index is 1130. The molecule has 0 bridgehead atoms. The van der Waals surface area contributed by atoms with E-state index < -0.39 is 21.4 Å². The first kappa shape index (κ1) is 24.7. The smallest absolute Gasteiger partial charge is 0.259 e. The Morgan fingerprint density at radius 3 is 2.19 bits per heavy atom. The van der Waals surface area contributed by atoms with Gasteiger partial charge in [0.15, 0.2) is 14.9 Å². The molecule has 31 heavy (non-hydrogen) atoms. The van der Waals surface area contributed by atoms with Crippen LogP contribution in [0.3, 0.4) is 0 Å². The highest BCUT2D eigenvalue weighted by Gasteiger charge is 2.26. The van der Waals surface area contributed by atoms with Gasteiger partial charge in [0.05, 0.1) is 23.7 Å². The number of hydrogen-bond donors (Lipinski definition) is 3. The van der Waals surface area contributed by atoms with Crippen molar-refractivity contribution in [3.63, 3.8) is 0 Å². The van der Waals surface area contributed by atoms with E-state index in [2.05, 4.69) is 20.4 Å². The van der Waals surface area contributed by atoms with Crippen LogP contribution in [0.4, 0.5) is 0 Å². The van der Waals surface area contributed by atoms with Crippen molar-refractivity contribution in [2.24, 2.45) is 9.50 Å². The molecule has 0 aliphatic heterocycles. The fourth-order valence-electron chi connectivity index (χ4n) is 3.41. The van der Waals surface area contributed by atoms with Crippen LogP contribution in [0.5, 0.6) is 0 Å². The van der Waals surface area contributed by atoms with E-state index in [-0.39, 0.29) is 29.1 Å². The van der Waals surface area contributed by atoms with E-state index in [1.165, 1.54) is 13.8 Å². The predicted octanol–water partition coefficient (Wildman–Crippen LogP) is 3.53. The third-order valence-corrected chi connectivity index (χ3v) is 6.38. The van der Waals surface area contributed by atoms with E-state index in [4.69, 9.17) is 5.14 Å². The summed E-state index contributed by atoms with van der Waals surface area (Å²) in [5.74, 6) is -0.275. The van der Waals surface area contributed by atoms with Gasteiger partial charge in [0.2, 0.25) is 0 Å². The molecule has 0 fully saturated rings. The zero-order valence-electron chi connectivity index (χ0n) is 19.1. The first-order valence-corrected chi connectivity index (χ1v) is 11.7. The maximum Gasteiger partial charge on any atom is 0.259 e. The molecule has 0 radical (unpaired) electrons. The Kier molecular flexibility index (Phi) is 7.10. The van der Waals surface area contributed by atoms with Crippen LogP contribution >= 0.6 is 0 Å².